The molecule has 1 aliphatic rings. The predicted molar refractivity (Wildman–Crippen MR) is 96.9 cm³/mol. The van der Waals surface area contributed by atoms with Gasteiger partial charge >= 0.3 is 0 Å². The maximum absolute atomic E-state index is 13.7. The first-order chi connectivity index (χ1) is 12.6. The number of benzene rings is 1. The highest BCUT2D eigenvalue weighted by Gasteiger charge is 2.29. The van der Waals surface area contributed by atoms with Crippen LogP contribution in [-0.4, -0.2) is 39.1 Å². The zero-order valence-electron chi connectivity index (χ0n) is 14.1. The fourth-order valence-electron chi connectivity index (χ4n) is 3.40. The molecule has 1 aromatic carbocycles. The summed E-state index contributed by atoms with van der Waals surface area (Å²) >= 11 is 0. The van der Waals surface area contributed by atoms with E-state index in [0.29, 0.717) is 11.5 Å². The zero-order chi connectivity index (χ0) is 18.1. The number of anilines is 2. The van der Waals surface area contributed by atoms with Crippen molar-refractivity contribution in [1.29, 1.82) is 0 Å². The van der Waals surface area contributed by atoms with Gasteiger partial charge in [-0.15, -0.1) is 0 Å². The van der Waals surface area contributed by atoms with Gasteiger partial charge in [-0.2, -0.15) is 5.10 Å². The van der Waals surface area contributed by atoms with Crippen LogP contribution in [0.15, 0.2) is 36.4 Å². The van der Waals surface area contributed by atoms with Gasteiger partial charge in [0.15, 0.2) is 5.65 Å². The van der Waals surface area contributed by atoms with Gasteiger partial charge in [-0.25, -0.2) is 9.37 Å². The molecule has 0 spiro atoms. The number of amides is 1. The lowest BCUT2D eigenvalue weighted by Gasteiger charge is -2.23. The Labute approximate surface area is 149 Å². The van der Waals surface area contributed by atoms with E-state index in [1.165, 1.54) is 6.07 Å². The Morgan fingerprint density at radius 1 is 1.35 bits per heavy atom. The van der Waals surface area contributed by atoms with Crippen molar-refractivity contribution in [3.05, 3.63) is 47.9 Å². The van der Waals surface area contributed by atoms with Crippen molar-refractivity contribution in [2.75, 3.05) is 24.1 Å². The van der Waals surface area contributed by atoms with Crippen molar-refractivity contribution in [3.8, 4) is 0 Å². The van der Waals surface area contributed by atoms with E-state index in [1.807, 2.05) is 12.1 Å². The number of aromatic nitrogens is 3. The number of carbonyl (C=O) groups is 1. The van der Waals surface area contributed by atoms with Crippen LogP contribution in [-0.2, 0) is 4.79 Å². The average Bonchev–Trinajstić information content (AvgIpc) is 3.23. The molecule has 0 aliphatic carbocycles. The summed E-state index contributed by atoms with van der Waals surface area (Å²) in [6, 6.07) is 9.99. The van der Waals surface area contributed by atoms with Crippen LogP contribution in [0.3, 0.4) is 0 Å². The topological polar surface area (TPSA) is 99.9 Å². The molecular formula is C18H19FN6O. The van der Waals surface area contributed by atoms with Crippen LogP contribution < -0.4 is 11.1 Å². The van der Waals surface area contributed by atoms with E-state index < -0.39 is 5.82 Å². The Kier molecular flexibility index (Phi) is 4.26. The summed E-state index contributed by atoms with van der Waals surface area (Å²) in [6.07, 6.45) is 1.88. The minimum Gasteiger partial charge on any atom is -0.384 e. The third-order valence-corrected chi connectivity index (χ3v) is 4.67. The van der Waals surface area contributed by atoms with Crippen molar-refractivity contribution < 1.29 is 9.18 Å². The van der Waals surface area contributed by atoms with Crippen LogP contribution in [0.25, 0.3) is 11.0 Å². The molecule has 1 aliphatic heterocycles. The first-order valence-corrected chi connectivity index (χ1v) is 8.51. The lowest BCUT2D eigenvalue weighted by molar-refractivity contribution is -0.117. The number of pyridine rings is 1. The molecule has 1 unspecified atom stereocenters. The SMILES string of the molecule is Nc1[nH]nc2nc(C3CCCN3CC(=O)Nc3ccccc3F)ccc12. The van der Waals surface area contributed by atoms with E-state index in [0.717, 1.165) is 30.5 Å². The molecular weight excluding hydrogens is 335 g/mol. The first kappa shape index (κ1) is 16.5. The number of hydrogen-bond donors (Lipinski definition) is 3. The molecule has 3 heterocycles. The minimum absolute atomic E-state index is 0.0312. The van der Waals surface area contributed by atoms with Crippen molar-refractivity contribution in [3.63, 3.8) is 0 Å². The van der Waals surface area contributed by atoms with Crippen LogP contribution in [0.5, 0.6) is 0 Å². The van der Waals surface area contributed by atoms with Gasteiger partial charge in [-0.1, -0.05) is 12.1 Å². The van der Waals surface area contributed by atoms with Crippen LogP contribution in [0.1, 0.15) is 24.6 Å². The molecule has 1 fully saturated rings. The number of H-pyrrole nitrogens is 1. The number of nitrogen functional groups attached to an aromatic ring is 1. The summed E-state index contributed by atoms with van der Waals surface area (Å²) in [4.78, 5) is 19.0. The van der Waals surface area contributed by atoms with Gasteiger partial charge in [-0.05, 0) is 43.7 Å². The van der Waals surface area contributed by atoms with E-state index in [-0.39, 0.29) is 24.2 Å². The average molecular weight is 354 g/mol. The van der Waals surface area contributed by atoms with E-state index in [9.17, 15) is 9.18 Å². The Balaban J connectivity index is 1.49. The van der Waals surface area contributed by atoms with Crippen LogP contribution in [0.4, 0.5) is 15.9 Å². The highest BCUT2D eigenvalue weighted by atomic mass is 19.1. The summed E-state index contributed by atoms with van der Waals surface area (Å²) in [5.74, 6) is -0.194. The van der Waals surface area contributed by atoms with Crippen LogP contribution in [0.2, 0.25) is 0 Å². The van der Waals surface area contributed by atoms with E-state index >= 15 is 0 Å². The monoisotopic (exact) mass is 354 g/mol. The van der Waals surface area contributed by atoms with Gasteiger partial charge < -0.3 is 11.1 Å². The Hall–Kier alpha value is -3.00. The Bertz CT molecular complexity index is 956. The van der Waals surface area contributed by atoms with Crippen molar-refractivity contribution in [2.45, 2.75) is 18.9 Å². The minimum atomic E-state index is -0.443. The molecule has 0 bridgehead atoms. The van der Waals surface area contributed by atoms with Crippen molar-refractivity contribution in [2.24, 2.45) is 0 Å². The number of nitrogens with two attached hydrogens (primary N) is 1. The fraction of sp³-hybridized carbons (Fsp3) is 0.278. The Morgan fingerprint density at radius 2 is 2.19 bits per heavy atom. The van der Waals surface area contributed by atoms with Gasteiger partial charge in [0.1, 0.15) is 11.6 Å². The fourth-order valence-corrected chi connectivity index (χ4v) is 3.40. The standard InChI is InChI=1S/C18H19FN6O/c19-12-4-1-2-5-13(12)21-16(26)10-25-9-3-6-15(25)14-8-7-11-17(20)23-24-18(11)22-14/h1-2,4-5,7-8,15H,3,6,9-10H2,(H,21,26)(H3,20,22,23,24). The van der Waals surface area contributed by atoms with Crippen molar-refractivity contribution in [1.82, 2.24) is 20.1 Å². The molecule has 1 atom stereocenters. The third kappa shape index (κ3) is 3.11. The number of para-hydroxylation sites is 1. The molecule has 1 amide bonds. The third-order valence-electron chi connectivity index (χ3n) is 4.67. The van der Waals surface area contributed by atoms with Gasteiger partial charge in [0.25, 0.3) is 0 Å². The second kappa shape index (κ2) is 6.72. The quantitative estimate of drug-likeness (QED) is 0.668. The van der Waals surface area contributed by atoms with Gasteiger partial charge in [0.05, 0.1) is 29.4 Å². The largest absolute Gasteiger partial charge is 0.384 e. The first-order valence-electron chi connectivity index (χ1n) is 8.51. The molecule has 8 heteroatoms. The molecule has 7 nitrogen and oxygen atoms in total. The number of rotatable bonds is 4. The molecule has 26 heavy (non-hydrogen) atoms. The molecule has 0 radical (unpaired) electrons. The summed E-state index contributed by atoms with van der Waals surface area (Å²) in [5, 5.41) is 10.2. The number of nitrogens with zero attached hydrogens (tertiary/aromatic N) is 3. The molecule has 0 saturated carbocycles. The molecule has 4 N–H and O–H groups in total. The molecule has 134 valence electrons. The molecule has 2 aromatic heterocycles. The van der Waals surface area contributed by atoms with E-state index in [1.54, 1.807) is 18.2 Å². The highest BCUT2D eigenvalue weighted by molar-refractivity contribution is 5.92. The van der Waals surface area contributed by atoms with Crippen LogP contribution >= 0.6 is 0 Å². The predicted octanol–water partition coefficient (Wildman–Crippen LogP) is 2.45. The maximum atomic E-state index is 13.7. The van der Waals surface area contributed by atoms with Crippen molar-refractivity contribution >= 4 is 28.4 Å². The normalized spacial score (nSPS) is 17.7. The zero-order valence-corrected chi connectivity index (χ0v) is 14.1. The van der Waals surface area contributed by atoms with Gasteiger partial charge in [-0.3, -0.25) is 14.8 Å². The number of likely N-dealkylation sites (tertiary alicyclic amines) is 1. The number of fused-ring (bicyclic) bond motifs is 1. The summed E-state index contributed by atoms with van der Waals surface area (Å²) in [6.45, 7) is 0.971. The van der Waals surface area contributed by atoms with Crippen LogP contribution in [0, 0.1) is 5.82 Å². The number of carbonyl (C=O) groups excluding carboxylic acids is 1. The van der Waals surface area contributed by atoms with Gasteiger partial charge in [0, 0.05) is 0 Å². The molecule has 1 saturated heterocycles. The number of hydrogen-bond acceptors (Lipinski definition) is 5. The second-order valence-corrected chi connectivity index (χ2v) is 6.40. The van der Waals surface area contributed by atoms with E-state index in [2.05, 4.69) is 25.4 Å². The summed E-state index contributed by atoms with van der Waals surface area (Å²) < 4.78 is 13.7. The lowest BCUT2D eigenvalue weighted by Crippen LogP contribution is -2.33. The Morgan fingerprint density at radius 3 is 3.04 bits per heavy atom. The number of nitrogens with one attached hydrogen (secondary N) is 2. The smallest absolute Gasteiger partial charge is 0.238 e. The number of halogens is 1. The second-order valence-electron chi connectivity index (χ2n) is 6.40. The lowest BCUT2D eigenvalue weighted by atomic mass is 10.1. The number of aromatic amines is 1. The summed E-state index contributed by atoms with van der Waals surface area (Å²) in [7, 11) is 0. The van der Waals surface area contributed by atoms with Gasteiger partial charge in [0.2, 0.25) is 5.91 Å². The highest BCUT2D eigenvalue weighted by Crippen LogP contribution is 2.31. The summed E-state index contributed by atoms with van der Waals surface area (Å²) in [5.41, 5.74) is 7.43. The molecule has 3 aromatic rings. The van der Waals surface area contributed by atoms with E-state index in [4.69, 9.17) is 5.73 Å². The molecule has 4 rings (SSSR count). The maximum Gasteiger partial charge on any atom is 0.238 e.